The average molecular weight is 503 g/mol. The molecule has 0 aliphatic rings. The van der Waals surface area contributed by atoms with Gasteiger partial charge in [-0.1, -0.05) is 66.7 Å². The maximum absolute atomic E-state index is 12.3. The van der Waals surface area contributed by atoms with Crippen LogP contribution < -0.4 is 14.2 Å². The fraction of sp³-hybridized carbons (Fsp3) is 0.107. The zero-order chi connectivity index (χ0) is 23.2. The minimum Gasteiger partial charge on any atom is -0.493 e. The Hall–Kier alpha value is -3.57. The van der Waals surface area contributed by atoms with E-state index < -0.39 is 5.97 Å². The van der Waals surface area contributed by atoms with E-state index in [-0.39, 0.29) is 6.61 Å². The molecule has 4 rings (SSSR count). The number of hydrogen-bond acceptors (Lipinski definition) is 4. The van der Waals surface area contributed by atoms with E-state index in [0.717, 1.165) is 21.2 Å². The summed E-state index contributed by atoms with van der Waals surface area (Å²) in [6.45, 7) is 1.77. The second-order valence-corrected chi connectivity index (χ2v) is 8.36. The SMILES string of the molecule is COc1cc(C=Cc2cccc3ccccc23)ccc1OC(=O)COc1ccc(C)cc1Br. The molecule has 0 N–H and O–H groups in total. The summed E-state index contributed by atoms with van der Waals surface area (Å²) in [5, 5.41) is 2.38. The summed E-state index contributed by atoms with van der Waals surface area (Å²) < 4.78 is 17.3. The van der Waals surface area contributed by atoms with Gasteiger partial charge in [0.1, 0.15) is 5.75 Å². The molecule has 0 heterocycles. The number of rotatable bonds is 7. The molecule has 166 valence electrons. The maximum atomic E-state index is 12.3. The van der Waals surface area contributed by atoms with Crippen molar-refractivity contribution in [3.8, 4) is 17.2 Å². The second kappa shape index (κ2) is 10.4. The van der Waals surface area contributed by atoms with Gasteiger partial charge < -0.3 is 14.2 Å². The topological polar surface area (TPSA) is 44.8 Å². The predicted molar refractivity (Wildman–Crippen MR) is 136 cm³/mol. The third-order valence-corrected chi connectivity index (χ3v) is 5.74. The van der Waals surface area contributed by atoms with Crippen LogP contribution in [0.4, 0.5) is 0 Å². The van der Waals surface area contributed by atoms with Crippen molar-refractivity contribution in [1.29, 1.82) is 0 Å². The van der Waals surface area contributed by atoms with Gasteiger partial charge in [0.2, 0.25) is 0 Å². The van der Waals surface area contributed by atoms with E-state index in [2.05, 4.69) is 46.3 Å². The molecular formula is C28H23BrO4. The van der Waals surface area contributed by atoms with E-state index in [1.807, 2.05) is 61.5 Å². The van der Waals surface area contributed by atoms with E-state index in [1.54, 1.807) is 13.2 Å². The van der Waals surface area contributed by atoms with Gasteiger partial charge in [0, 0.05) is 0 Å². The van der Waals surface area contributed by atoms with Gasteiger partial charge in [-0.2, -0.15) is 0 Å². The third-order valence-electron chi connectivity index (χ3n) is 5.12. The lowest BCUT2D eigenvalue weighted by atomic mass is 10.0. The van der Waals surface area contributed by atoms with Gasteiger partial charge in [0.25, 0.3) is 0 Å². The largest absolute Gasteiger partial charge is 0.493 e. The molecule has 0 unspecified atom stereocenters. The first-order valence-electron chi connectivity index (χ1n) is 10.5. The van der Waals surface area contributed by atoms with Crippen molar-refractivity contribution in [3.63, 3.8) is 0 Å². The highest BCUT2D eigenvalue weighted by Gasteiger charge is 2.12. The standard InChI is InChI=1S/C28H23BrO4/c1-19-10-14-25(24(29)16-19)32-18-28(30)33-26-15-12-20(17-27(26)31-2)11-13-22-8-5-7-21-6-3-4-9-23(21)22/h3-17H,18H2,1-2H3. The molecule has 4 aromatic rings. The third kappa shape index (κ3) is 5.62. The molecule has 0 fully saturated rings. The summed E-state index contributed by atoms with van der Waals surface area (Å²) >= 11 is 3.44. The van der Waals surface area contributed by atoms with E-state index >= 15 is 0 Å². The van der Waals surface area contributed by atoms with Gasteiger partial charge in [-0.05, 0) is 74.6 Å². The van der Waals surface area contributed by atoms with Crippen molar-refractivity contribution in [2.45, 2.75) is 6.92 Å². The summed E-state index contributed by atoms with van der Waals surface area (Å²) in [4.78, 5) is 12.3. The molecule has 4 nitrogen and oxygen atoms in total. The Labute approximate surface area is 201 Å². The van der Waals surface area contributed by atoms with E-state index in [4.69, 9.17) is 14.2 Å². The molecule has 0 atom stereocenters. The van der Waals surface area contributed by atoms with Gasteiger partial charge >= 0.3 is 5.97 Å². The molecule has 33 heavy (non-hydrogen) atoms. The van der Waals surface area contributed by atoms with Crippen molar-refractivity contribution in [2.75, 3.05) is 13.7 Å². The molecule has 0 spiro atoms. The lowest BCUT2D eigenvalue weighted by molar-refractivity contribution is -0.136. The van der Waals surface area contributed by atoms with Crippen molar-refractivity contribution in [2.24, 2.45) is 0 Å². The minimum absolute atomic E-state index is 0.215. The molecule has 0 saturated carbocycles. The molecule has 0 aliphatic heterocycles. The van der Waals surface area contributed by atoms with Crippen LogP contribution in [0.2, 0.25) is 0 Å². The van der Waals surface area contributed by atoms with Crippen LogP contribution in [-0.4, -0.2) is 19.7 Å². The number of fused-ring (bicyclic) bond motifs is 1. The Bertz CT molecular complexity index is 1320. The summed E-state index contributed by atoms with van der Waals surface area (Å²) in [7, 11) is 1.55. The van der Waals surface area contributed by atoms with Crippen LogP contribution in [0.5, 0.6) is 17.2 Å². The number of methoxy groups -OCH3 is 1. The molecule has 0 radical (unpaired) electrons. The fourth-order valence-electron chi connectivity index (χ4n) is 3.47. The summed E-state index contributed by atoms with van der Waals surface area (Å²) in [6.07, 6.45) is 4.07. The molecule has 0 amide bonds. The quantitative estimate of drug-likeness (QED) is 0.154. The Morgan fingerprint density at radius 3 is 2.48 bits per heavy atom. The normalized spacial score (nSPS) is 11.0. The first-order chi connectivity index (χ1) is 16.0. The Morgan fingerprint density at radius 1 is 0.879 bits per heavy atom. The molecule has 4 aromatic carbocycles. The van der Waals surface area contributed by atoms with Crippen molar-refractivity contribution in [1.82, 2.24) is 0 Å². The van der Waals surface area contributed by atoms with E-state index in [0.29, 0.717) is 17.2 Å². The molecule has 0 saturated heterocycles. The zero-order valence-corrected chi connectivity index (χ0v) is 20.0. The Balaban J connectivity index is 1.45. The van der Waals surface area contributed by atoms with Crippen LogP contribution in [0.25, 0.3) is 22.9 Å². The van der Waals surface area contributed by atoms with E-state index in [9.17, 15) is 4.79 Å². The lowest BCUT2D eigenvalue weighted by Gasteiger charge is -2.11. The van der Waals surface area contributed by atoms with Crippen LogP contribution in [0, 0.1) is 6.92 Å². The molecule has 0 aliphatic carbocycles. The van der Waals surface area contributed by atoms with Crippen LogP contribution in [0.15, 0.2) is 83.3 Å². The Morgan fingerprint density at radius 2 is 1.67 bits per heavy atom. The number of aryl methyl sites for hydroxylation is 1. The number of esters is 1. The minimum atomic E-state index is -0.514. The van der Waals surface area contributed by atoms with Gasteiger partial charge in [0.15, 0.2) is 18.1 Å². The highest BCUT2D eigenvalue weighted by molar-refractivity contribution is 9.10. The van der Waals surface area contributed by atoms with Crippen LogP contribution in [0.1, 0.15) is 16.7 Å². The van der Waals surface area contributed by atoms with Crippen molar-refractivity contribution in [3.05, 3.63) is 100 Å². The Kier molecular flexibility index (Phi) is 7.10. The highest BCUT2D eigenvalue weighted by Crippen LogP contribution is 2.30. The van der Waals surface area contributed by atoms with Gasteiger partial charge in [-0.3, -0.25) is 0 Å². The van der Waals surface area contributed by atoms with Crippen LogP contribution in [0.3, 0.4) is 0 Å². The summed E-state index contributed by atoms with van der Waals surface area (Å²) in [5.74, 6) is 0.884. The number of carbonyl (C=O) groups excluding carboxylic acids is 1. The first-order valence-corrected chi connectivity index (χ1v) is 11.3. The first kappa shape index (κ1) is 22.6. The van der Waals surface area contributed by atoms with Crippen molar-refractivity contribution >= 4 is 44.8 Å². The number of ether oxygens (including phenoxy) is 3. The predicted octanol–water partition coefficient (Wildman–Crippen LogP) is 7.07. The highest BCUT2D eigenvalue weighted by atomic mass is 79.9. The fourth-order valence-corrected chi connectivity index (χ4v) is 4.07. The van der Waals surface area contributed by atoms with Crippen LogP contribution >= 0.6 is 15.9 Å². The number of carbonyl (C=O) groups is 1. The van der Waals surface area contributed by atoms with E-state index in [1.165, 1.54) is 10.8 Å². The lowest BCUT2D eigenvalue weighted by Crippen LogP contribution is -2.18. The number of benzene rings is 4. The van der Waals surface area contributed by atoms with Crippen molar-refractivity contribution < 1.29 is 19.0 Å². The zero-order valence-electron chi connectivity index (χ0n) is 18.4. The van der Waals surface area contributed by atoms with Gasteiger partial charge in [0.05, 0.1) is 11.6 Å². The number of halogens is 1. The van der Waals surface area contributed by atoms with Gasteiger partial charge in [-0.15, -0.1) is 0 Å². The van der Waals surface area contributed by atoms with Crippen LogP contribution in [-0.2, 0) is 4.79 Å². The van der Waals surface area contributed by atoms with Gasteiger partial charge in [-0.25, -0.2) is 4.79 Å². The average Bonchev–Trinajstić information content (AvgIpc) is 2.82. The molecular weight excluding hydrogens is 480 g/mol. The smallest absolute Gasteiger partial charge is 0.349 e. The maximum Gasteiger partial charge on any atom is 0.349 e. The second-order valence-electron chi connectivity index (χ2n) is 7.51. The summed E-state index contributed by atoms with van der Waals surface area (Å²) in [6, 6.07) is 25.6. The monoisotopic (exact) mass is 502 g/mol. The molecule has 5 heteroatoms. The molecule has 0 aromatic heterocycles. The number of hydrogen-bond donors (Lipinski definition) is 0. The molecule has 0 bridgehead atoms. The summed E-state index contributed by atoms with van der Waals surface area (Å²) in [5.41, 5.74) is 3.15.